The van der Waals surface area contributed by atoms with Crippen molar-refractivity contribution in [2.45, 2.75) is 100 Å². The molecule has 2 saturated heterocycles. The summed E-state index contributed by atoms with van der Waals surface area (Å²) in [5, 5.41) is 8.20. The van der Waals surface area contributed by atoms with Gasteiger partial charge in [0.05, 0.1) is 11.2 Å². The largest absolute Gasteiger partial charge is 0.354 e. The fraction of sp³-hybridized carbons (Fsp3) is 0.594. The Kier molecular flexibility index (Phi) is 7.52. The molecule has 4 aliphatic carbocycles. The zero-order chi connectivity index (χ0) is 33.4. The molecule has 4 atom stereocenters. The SMILES string of the molecule is CCNC(=O)[C@H]1O[C@@H](n2cnc3c(NC(=O)Nc4cccc(S(=O)(=O)NC56CC7CC(CC(C7)C5)C6)c4)ncnc32)C2OC(C)(C)OC21. The fourth-order valence-corrected chi connectivity index (χ4v) is 10.5. The Morgan fingerprint density at radius 1 is 0.979 bits per heavy atom. The molecule has 2 aromatic heterocycles. The molecule has 15 nitrogen and oxygen atoms in total. The number of ether oxygens (including phenoxy) is 3. The van der Waals surface area contributed by atoms with Crippen LogP contribution in [0, 0.1) is 17.8 Å². The summed E-state index contributed by atoms with van der Waals surface area (Å²) < 4.78 is 50.2. The number of anilines is 2. The minimum Gasteiger partial charge on any atom is -0.354 e. The van der Waals surface area contributed by atoms with Crippen molar-refractivity contribution in [2.75, 3.05) is 17.2 Å². The number of sulfonamides is 1. The van der Waals surface area contributed by atoms with E-state index in [1.54, 1.807) is 36.6 Å². The van der Waals surface area contributed by atoms with Crippen LogP contribution in [0.5, 0.6) is 0 Å². The minimum atomic E-state index is -3.81. The maximum absolute atomic E-state index is 13.6. The molecule has 4 saturated carbocycles. The summed E-state index contributed by atoms with van der Waals surface area (Å²) in [6.07, 6.45) is 6.11. The Hall–Kier alpha value is -3.70. The van der Waals surface area contributed by atoms with Gasteiger partial charge in [-0.2, -0.15) is 0 Å². The number of likely N-dealkylation sites (N-methyl/N-ethyl adjacent to an activating group) is 1. The molecule has 4 heterocycles. The second kappa shape index (κ2) is 11.4. The molecule has 16 heteroatoms. The van der Waals surface area contributed by atoms with Gasteiger partial charge in [-0.05, 0) is 95.2 Å². The van der Waals surface area contributed by atoms with Gasteiger partial charge in [-0.3, -0.25) is 14.7 Å². The van der Waals surface area contributed by atoms with Gasteiger partial charge in [0.25, 0.3) is 5.91 Å². The zero-order valence-electron chi connectivity index (χ0n) is 27.0. The molecular formula is C32H40N8O7S. The third-order valence-electron chi connectivity index (χ3n) is 10.3. The van der Waals surface area contributed by atoms with Gasteiger partial charge in [0.2, 0.25) is 10.0 Å². The van der Waals surface area contributed by atoms with Crippen LogP contribution in [0.3, 0.4) is 0 Å². The van der Waals surface area contributed by atoms with E-state index in [0.717, 1.165) is 19.3 Å². The summed E-state index contributed by atoms with van der Waals surface area (Å²) in [7, 11) is -3.81. The Balaban J connectivity index is 0.979. The summed E-state index contributed by atoms with van der Waals surface area (Å²) in [5.74, 6) is 0.676. The highest BCUT2D eigenvalue weighted by molar-refractivity contribution is 7.89. The van der Waals surface area contributed by atoms with E-state index in [2.05, 4.69) is 35.6 Å². The van der Waals surface area contributed by atoms with E-state index in [0.29, 0.717) is 35.6 Å². The van der Waals surface area contributed by atoms with Crippen molar-refractivity contribution < 1.29 is 32.2 Å². The van der Waals surface area contributed by atoms with Crippen molar-refractivity contribution in [1.82, 2.24) is 29.6 Å². The smallest absolute Gasteiger partial charge is 0.324 e. The summed E-state index contributed by atoms with van der Waals surface area (Å²) in [6.45, 7) is 5.80. The number of hydrogen-bond donors (Lipinski definition) is 4. The van der Waals surface area contributed by atoms with Gasteiger partial charge in [-0.25, -0.2) is 32.9 Å². The quantitative estimate of drug-likeness (QED) is 0.275. The number of fused-ring (bicyclic) bond motifs is 2. The Morgan fingerprint density at radius 2 is 1.69 bits per heavy atom. The summed E-state index contributed by atoms with van der Waals surface area (Å²) in [6, 6.07) is 5.58. The highest BCUT2D eigenvalue weighted by Crippen LogP contribution is 2.56. The van der Waals surface area contributed by atoms with E-state index in [4.69, 9.17) is 14.2 Å². The predicted octanol–water partition coefficient (Wildman–Crippen LogP) is 3.27. The van der Waals surface area contributed by atoms with Crippen molar-refractivity contribution in [3.63, 3.8) is 0 Å². The highest BCUT2D eigenvalue weighted by atomic mass is 32.2. The predicted molar refractivity (Wildman–Crippen MR) is 172 cm³/mol. The van der Waals surface area contributed by atoms with E-state index in [9.17, 15) is 18.0 Å². The number of nitrogens with zero attached hydrogens (tertiary/aromatic N) is 4. The average Bonchev–Trinajstić information content (AvgIpc) is 3.67. The monoisotopic (exact) mass is 680 g/mol. The second-order valence-corrected chi connectivity index (χ2v) is 16.0. The number of nitrogens with one attached hydrogen (secondary N) is 4. The molecule has 256 valence electrons. The van der Waals surface area contributed by atoms with E-state index in [1.807, 2.05) is 6.92 Å². The number of imidazole rings is 1. The average molecular weight is 681 g/mol. The van der Waals surface area contributed by atoms with E-state index in [1.165, 1.54) is 38.0 Å². The number of carbonyl (C=O) groups excluding carboxylic acids is 2. The normalized spacial score (nSPS) is 33.1. The van der Waals surface area contributed by atoms with Crippen molar-refractivity contribution in [1.29, 1.82) is 0 Å². The summed E-state index contributed by atoms with van der Waals surface area (Å²) in [4.78, 5) is 39.1. The Labute approximate surface area is 278 Å². The Morgan fingerprint density at radius 3 is 2.40 bits per heavy atom. The minimum absolute atomic E-state index is 0.0984. The molecule has 4 N–H and O–H groups in total. The first-order valence-electron chi connectivity index (χ1n) is 16.6. The maximum atomic E-state index is 13.6. The van der Waals surface area contributed by atoms with Crippen LogP contribution in [0.25, 0.3) is 11.2 Å². The van der Waals surface area contributed by atoms with Crippen LogP contribution in [0.1, 0.15) is 65.5 Å². The molecule has 0 radical (unpaired) electrons. The first kappa shape index (κ1) is 31.6. The molecular weight excluding hydrogens is 640 g/mol. The number of aromatic nitrogens is 4. The van der Waals surface area contributed by atoms with Crippen LogP contribution in [-0.4, -0.2) is 76.1 Å². The van der Waals surface area contributed by atoms with E-state index < -0.39 is 46.4 Å². The lowest BCUT2D eigenvalue weighted by atomic mass is 9.53. The molecule has 2 unspecified atom stereocenters. The molecule has 1 aromatic carbocycles. The lowest BCUT2D eigenvalue weighted by Crippen LogP contribution is -2.59. The molecule has 3 amide bonds. The van der Waals surface area contributed by atoms with Crippen LogP contribution >= 0.6 is 0 Å². The van der Waals surface area contributed by atoms with Crippen LogP contribution in [0.15, 0.2) is 41.8 Å². The lowest BCUT2D eigenvalue weighted by molar-refractivity contribution is -0.197. The third kappa shape index (κ3) is 5.62. The van der Waals surface area contributed by atoms with Gasteiger partial charge in [-0.15, -0.1) is 0 Å². The lowest BCUT2D eigenvalue weighted by Gasteiger charge is -2.56. The van der Waals surface area contributed by atoms with Crippen LogP contribution < -0.4 is 20.7 Å². The number of hydrogen-bond acceptors (Lipinski definition) is 10. The molecule has 2 aliphatic heterocycles. The zero-order valence-corrected chi connectivity index (χ0v) is 27.8. The number of carbonyl (C=O) groups is 2. The van der Waals surface area contributed by atoms with Crippen molar-refractivity contribution >= 4 is 44.6 Å². The first-order chi connectivity index (χ1) is 22.9. The van der Waals surface area contributed by atoms with E-state index in [-0.39, 0.29) is 27.7 Å². The molecule has 3 aromatic rings. The van der Waals surface area contributed by atoms with Gasteiger partial charge in [0.1, 0.15) is 18.5 Å². The second-order valence-electron chi connectivity index (χ2n) is 14.4. The molecule has 6 aliphatic rings. The summed E-state index contributed by atoms with van der Waals surface area (Å²) in [5.41, 5.74) is 0.553. The van der Waals surface area contributed by atoms with Gasteiger partial charge in [-0.1, -0.05) is 6.07 Å². The van der Waals surface area contributed by atoms with Gasteiger partial charge >= 0.3 is 6.03 Å². The van der Waals surface area contributed by atoms with Gasteiger partial charge in [0, 0.05) is 17.8 Å². The molecule has 9 rings (SSSR count). The highest BCUT2D eigenvalue weighted by Gasteiger charge is 2.58. The standard InChI is InChI=1S/C32H40N8O7S/c1-4-33-28(41)24-23-25(47-31(2,3)46-23)29(45-24)40-16-36-22-26(34-15-35-27(22)40)38-30(42)37-20-6-5-7-21(11-20)48(43,44)39-32-12-17-8-18(13-32)10-19(9-17)14-32/h5-7,11,15-19,23-25,29,39H,4,8-10,12-14H2,1-3H3,(H,33,41)(H2,34,35,37,38,42)/t17?,18?,19?,23?,24-,25?,29+,32?/m0/s1. The van der Waals surface area contributed by atoms with Gasteiger partial charge < -0.3 is 24.8 Å². The topological polar surface area (TPSA) is 188 Å². The van der Waals surface area contributed by atoms with Gasteiger partial charge in [0.15, 0.2) is 35.1 Å². The number of benzene rings is 1. The van der Waals surface area contributed by atoms with Crippen molar-refractivity contribution in [2.24, 2.45) is 17.8 Å². The van der Waals surface area contributed by atoms with Crippen molar-refractivity contribution in [3.05, 3.63) is 36.9 Å². The van der Waals surface area contributed by atoms with Crippen LogP contribution in [-0.2, 0) is 29.0 Å². The fourth-order valence-electron chi connectivity index (χ4n) is 9.01. The number of amides is 3. The third-order valence-corrected chi connectivity index (χ3v) is 11.9. The maximum Gasteiger partial charge on any atom is 0.324 e. The summed E-state index contributed by atoms with van der Waals surface area (Å²) >= 11 is 0. The molecule has 48 heavy (non-hydrogen) atoms. The number of urea groups is 1. The van der Waals surface area contributed by atoms with Crippen LogP contribution in [0.2, 0.25) is 0 Å². The van der Waals surface area contributed by atoms with Crippen molar-refractivity contribution in [3.8, 4) is 0 Å². The Bertz CT molecular complexity index is 1850. The molecule has 6 fully saturated rings. The first-order valence-corrected chi connectivity index (χ1v) is 18.1. The molecule has 0 spiro atoms. The number of rotatable bonds is 8. The molecule has 4 bridgehead atoms. The van der Waals surface area contributed by atoms with E-state index >= 15 is 0 Å². The van der Waals surface area contributed by atoms with Crippen LogP contribution in [0.4, 0.5) is 16.3 Å².